The van der Waals surface area contributed by atoms with Gasteiger partial charge in [-0.2, -0.15) is 0 Å². The molecular weight excluding hydrogens is 604 g/mol. The van der Waals surface area contributed by atoms with Crippen LogP contribution >= 0.6 is 0 Å². The highest BCUT2D eigenvalue weighted by molar-refractivity contribution is 7.03. The molecule has 6 aromatic carbocycles. The third kappa shape index (κ3) is 3.33. The molecule has 0 N–H and O–H groups in total. The number of rotatable bonds is 2. The molecule has 9 aromatic rings. The first-order valence-corrected chi connectivity index (χ1v) is 17.9. The van der Waals surface area contributed by atoms with Gasteiger partial charge in [0.1, 0.15) is 11.3 Å². The van der Waals surface area contributed by atoms with Gasteiger partial charge in [-0.1, -0.05) is 136 Å². The van der Waals surface area contributed by atoms with E-state index in [4.69, 9.17) is 0 Å². The van der Waals surface area contributed by atoms with Crippen molar-refractivity contribution < 1.29 is 0 Å². The van der Waals surface area contributed by atoms with Crippen LogP contribution in [0.3, 0.4) is 0 Å². The summed E-state index contributed by atoms with van der Waals surface area (Å²) in [6.45, 7) is 11.7. The number of hydrogen-bond acceptors (Lipinski definition) is 0. The second-order valence-electron chi connectivity index (χ2n) is 14.8. The Morgan fingerprint density at radius 1 is 0.400 bits per heavy atom. The van der Waals surface area contributed by atoms with Crippen molar-refractivity contribution >= 4 is 90.3 Å². The van der Waals surface area contributed by atoms with Crippen molar-refractivity contribution in [3.8, 4) is 5.69 Å². The van der Waals surface area contributed by atoms with Gasteiger partial charge in [-0.15, -0.1) is 0 Å². The Labute approximate surface area is 292 Å². The van der Waals surface area contributed by atoms with E-state index in [9.17, 15) is 0 Å². The second-order valence-corrected chi connectivity index (χ2v) is 14.8. The summed E-state index contributed by atoms with van der Waals surface area (Å²) >= 11 is 0. The molecule has 0 amide bonds. The zero-order chi connectivity index (χ0) is 33.6. The van der Waals surface area contributed by atoms with Crippen molar-refractivity contribution in [3.63, 3.8) is 0 Å². The fraction of sp³-hybridized carbons (Fsp3) is 0.111. The summed E-state index contributed by atoms with van der Waals surface area (Å²) in [5.41, 5.74) is 23.9. The van der Waals surface area contributed by atoms with E-state index in [1.807, 2.05) is 0 Å². The molecule has 0 atom stereocenters. The number of hydrogen-bond donors (Lipinski definition) is 0. The molecule has 236 valence electrons. The summed E-state index contributed by atoms with van der Waals surface area (Å²) in [5.74, 6) is 0. The van der Waals surface area contributed by atoms with E-state index >= 15 is 0 Å². The van der Waals surface area contributed by atoms with Crippen molar-refractivity contribution in [1.82, 2.24) is 13.4 Å². The van der Waals surface area contributed by atoms with Crippen LogP contribution in [0, 0.1) is 34.6 Å². The molecular formula is C45H35B2N3. The summed E-state index contributed by atoms with van der Waals surface area (Å²) in [5, 5.41) is 2.64. The first-order valence-electron chi connectivity index (χ1n) is 17.9. The first kappa shape index (κ1) is 28.2. The number of benzene rings is 6. The zero-order valence-electron chi connectivity index (χ0n) is 29.0. The summed E-state index contributed by atoms with van der Waals surface area (Å²) in [6.07, 6.45) is 0. The maximum atomic E-state index is 2.68. The quantitative estimate of drug-likeness (QED) is 0.200. The first-order chi connectivity index (χ1) is 24.4. The summed E-state index contributed by atoms with van der Waals surface area (Å²) in [6, 6.07) is 45.9. The van der Waals surface area contributed by atoms with Gasteiger partial charge in [0, 0.05) is 5.69 Å². The fourth-order valence-electron chi connectivity index (χ4n) is 10.2. The van der Waals surface area contributed by atoms with Gasteiger partial charge < -0.3 is 0 Å². The minimum absolute atomic E-state index is 0.0745. The van der Waals surface area contributed by atoms with Gasteiger partial charge in [0.15, 0.2) is 0 Å². The Balaban J connectivity index is 1.53. The molecule has 5 heterocycles. The zero-order valence-corrected chi connectivity index (χ0v) is 29.0. The molecule has 0 saturated carbocycles. The Morgan fingerprint density at radius 3 is 1.20 bits per heavy atom. The predicted molar refractivity (Wildman–Crippen MR) is 215 cm³/mol. The summed E-state index contributed by atoms with van der Waals surface area (Å²) in [7, 11) is 0. The number of fused-ring (bicyclic) bond motifs is 9. The molecule has 2 aliphatic rings. The van der Waals surface area contributed by atoms with E-state index in [-0.39, 0.29) is 13.4 Å². The van der Waals surface area contributed by atoms with Crippen LogP contribution in [0.2, 0.25) is 0 Å². The van der Waals surface area contributed by atoms with Gasteiger partial charge in [0.2, 0.25) is 13.4 Å². The molecule has 3 aromatic heterocycles. The van der Waals surface area contributed by atoms with Gasteiger partial charge in [0.05, 0.1) is 22.1 Å². The van der Waals surface area contributed by atoms with Crippen LogP contribution in [-0.4, -0.2) is 26.8 Å². The summed E-state index contributed by atoms with van der Waals surface area (Å²) < 4.78 is 7.85. The van der Waals surface area contributed by atoms with Gasteiger partial charge in [-0.05, 0) is 91.5 Å². The highest BCUT2D eigenvalue weighted by Gasteiger charge is 2.44. The smallest absolute Gasteiger partial charge is 0.250 e. The molecule has 2 aliphatic heterocycles. The van der Waals surface area contributed by atoms with Gasteiger partial charge in [-0.3, -0.25) is 13.4 Å². The van der Waals surface area contributed by atoms with Crippen molar-refractivity contribution in [2.75, 3.05) is 0 Å². The lowest BCUT2D eigenvalue weighted by Crippen LogP contribution is -2.64. The third-order valence-corrected chi connectivity index (χ3v) is 12.0. The molecule has 0 aliphatic carbocycles. The topological polar surface area (TPSA) is 13.8 Å². The maximum Gasteiger partial charge on any atom is 0.250 e. The molecule has 0 bridgehead atoms. The van der Waals surface area contributed by atoms with Crippen molar-refractivity contribution in [1.29, 1.82) is 0 Å². The maximum absolute atomic E-state index is 2.68. The van der Waals surface area contributed by atoms with E-state index in [1.165, 1.54) is 110 Å². The molecule has 0 unspecified atom stereocenters. The lowest BCUT2D eigenvalue weighted by Gasteiger charge is -2.35. The van der Waals surface area contributed by atoms with Crippen molar-refractivity contribution in [2.45, 2.75) is 34.6 Å². The Morgan fingerprint density at radius 2 is 0.780 bits per heavy atom. The molecule has 50 heavy (non-hydrogen) atoms. The lowest BCUT2D eigenvalue weighted by atomic mass is 9.30. The molecule has 5 heteroatoms. The number of nitrogens with zero attached hydrogens (tertiary/aromatic N) is 3. The SMILES string of the molecule is Cc1cc2c3c(c1)B(c1c(C)cccc1C)c1c4ccccc4n4c5ccccc5n5c6ccccc6c(c5n-3c14)B2c1c(C)cccc1C. The molecule has 0 spiro atoms. The Hall–Kier alpha value is -5.67. The minimum atomic E-state index is 0.0745. The van der Waals surface area contributed by atoms with E-state index in [0.717, 1.165) is 0 Å². The highest BCUT2D eigenvalue weighted by atomic mass is 15.2. The Kier molecular flexibility index (Phi) is 5.49. The standard InChI is InChI=1S/C45H35B2N3/c1-26-24-33-43-34(25-26)47(40-29(4)16-13-17-30(40)5)42-32-19-7-9-21-36(32)49-38-23-11-10-22-37(38)48-35-20-8-6-18-31(35)41(44(48)50(43)45(42)49)46(33)39-27(2)14-12-15-28(39)3/h6-25H,1-5H3. The minimum Gasteiger partial charge on any atom is -0.294 e. The van der Waals surface area contributed by atoms with Crippen LogP contribution in [0.1, 0.15) is 27.8 Å². The monoisotopic (exact) mass is 639 g/mol. The van der Waals surface area contributed by atoms with Crippen LogP contribution in [0.5, 0.6) is 0 Å². The van der Waals surface area contributed by atoms with Crippen molar-refractivity contribution in [3.05, 3.63) is 149 Å². The van der Waals surface area contributed by atoms with Crippen LogP contribution in [0.4, 0.5) is 0 Å². The van der Waals surface area contributed by atoms with Gasteiger partial charge >= 0.3 is 0 Å². The number of para-hydroxylation sites is 4. The second kappa shape index (κ2) is 9.73. The fourth-order valence-corrected chi connectivity index (χ4v) is 10.2. The largest absolute Gasteiger partial charge is 0.294 e. The highest BCUT2D eigenvalue weighted by Crippen LogP contribution is 2.35. The third-order valence-electron chi connectivity index (χ3n) is 12.0. The van der Waals surface area contributed by atoms with E-state index in [0.29, 0.717) is 0 Å². The van der Waals surface area contributed by atoms with Crippen LogP contribution in [0.15, 0.2) is 121 Å². The van der Waals surface area contributed by atoms with Crippen LogP contribution in [0.25, 0.3) is 49.8 Å². The van der Waals surface area contributed by atoms with Gasteiger partial charge in [0.25, 0.3) is 0 Å². The average Bonchev–Trinajstić information content (AvgIpc) is 3.59. The Bertz CT molecular complexity index is 2770. The molecule has 0 fully saturated rings. The lowest BCUT2D eigenvalue weighted by molar-refractivity contribution is 1.09. The molecule has 3 nitrogen and oxygen atoms in total. The van der Waals surface area contributed by atoms with E-state index in [2.05, 4.69) is 169 Å². The van der Waals surface area contributed by atoms with E-state index < -0.39 is 0 Å². The average molecular weight is 639 g/mol. The van der Waals surface area contributed by atoms with E-state index in [1.54, 1.807) is 0 Å². The van der Waals surface area contributed by atoms with Gasteiger partial charge in [-0.25, -0.2) is 0 Å². The summed E-state index contributed by atoms with van der Waals surface area (Å²) in [4.78, 5) is 0. The van der Waals surface area contributed by atoms with Crippen molar-refractivity contribution in [2.24, 2.45) is 0 Å². The number of aromatic nitrogens is 3. The molecule has 0 radical (unpaired) electrons. The normalized spacial score (nSPS) is 13.2. The number of aryl methyl sites for hydroxylation is 5. The van der Waals surface area contributed by atoms with Crippen LogP contribution < -0.4 is 32.8 Å². The molecule has 0 saturated heterocycles. The molecule has 11 rings (SSSR count). The van der Waals surface area contributed by atoms with Crippen LogP contribution in [-0.2, 0) is 0 Å². The predicted octanol–water partition coefficient (Wildman–Crippen LogP) is 6.21.